The van der Waals surface area contributed by atoms with Crippen molar-refractivity contribution in [2.75, 3.05) is 13.7 Å². The monoisotopic (exact) mass is 287 g/mol. The van der Waals surface area contributed by atoms with Crippen LogP contribution in [0.3, 0.4) is 0 Å². The lowest BCUT2D eigenvalue weighted by Gasteiger charge is -2.06. The quantitative estimate of drug-likeness (QED) is 0.840. The molecule has 0 bridgehead atoms. The number of halogens is 2. The molecule has 0 radical (unpaired) electrons. The van der Waals surface area contributed by atoms with Crippen molar-refractivity contribution in [3.8, 4) is 0 Å². The first kappa shape index (κ1) is 11.0. The Hall–Kier alpha value is -0.510. The number of hydrogen-bond acceptors (Lipinski definition) is 1. The van der Waals surface area contributed by atoms with Crippen LogP contribution in [0, 0.1) is 0 Å². The van der Waals surface area contributed by atoms with E-state index in [1.165, 1.54) is 0 Å². The molecule has 1 aromatic carbocycles. The van der Waals surface area contributed by atoms with E-state index in [9.17, 15) is 0 Å². The number of nitrogens with zero attached hydrogens (tertiary/aromatic N) is 1. The van der Waals surface area contributed by atoms with E-state index < -0.39 is 0 Å². The molecule has 0 amide bonds. The zero-order valence-electron chi connectivity index (χ0n) is 8.34. The van der Waals surface area contributed by atoms with Crippen LogP contribution in [0.15, 0.2) is 28.9 Å². The third-order valence-corrected chi connectivity index (χ3v) is 3.06. The summed E-state index contributed by atoms with van der Waals surface area (Å²) in [7, 11) is 1.70. The number of ether oxygens (including phenoxy) is 1. The molecular formula is C11H11BrClNO. The number of fused-ring (bicyclic) bond motifs is 1. The highest BCUT2D eigenvalue weighted by Crippen LogP contribution is 2.28. The van der Waals surface area contributed by atoms with Crippen LogP contribution in [-0.2, 0) is 11.3 Å². The fraction of sp³-hybridized carbons (Fsp3) is 0.273. The van der Waals surface area contributed by atoms with Gasteiger partial charge in [0.25, 0.3) is 0 Å². The van der Waals surface area contributed by atoms with Gasteiger partial charge in [0.1, 0.15) is 0 Å². The normalized spacial score (nSPS) is 11.1. The maximum atomic E-state index is 6.20. The summed E-state index contributed by atoms with van der Waals surface area (Å²) < 4.78 is 8.16. The zero-order chi connectivity index (χ0) is 10.8. The van der Waals surface area contributed by atoms with Crippen LogP contribution in [0.2, 0.25) is 5.02 Å². The molecule has 1 aromatic heterocycles. The Morgan fingerprint density at radius 2 is 2.27 bits per heavy atom. The van der Waals surface area contributed by atoms with Crippen molar-refractivity contribution in [3.05, 3.63) is 33.9 Å². The second kappa shape index (κ2) is 4.56. The van der Waals surface area contributed by atoms with Crippen LogP contribution in [0.25, 0.3) is 10.9 Å². The molecule has 0 unspecified atom stereocenters. The lowest BCUT2D eigenvalue weighted by atomic mass is 10.2. The Kier molecular flexibility index (Phi) is 3.34. The lowest BCUT2D eigenvalue weighted by Crippen LogP contribution is -2.02. The molecule has 0 aliphatic carbocycles. The second-order valence-corrected chi connectivity index (χ2v) is 4.65. The predicted octanol–water partition coefficient (Wildman–Crippen LogP) is 3.70. The van der Waals surface area contributed by atoms with E-state index in [0.29, 0.717) is 6.61 Å². The first-order chi connectivity index (χ1) is 7.22. The predicted molar refractivity (Wildman–Crippen MR) is 66.5 cm³/mol. The van der Waals surface area contributed by atoms with Crippen LogP contribution in [0.5, 0.6) is 0 Å². The standard InChI is InChI=1S/C11H11BrClNO/c1-15-5-4-14-3-2-8-6-9(12)7-10(13)11(8)14/h2-3,6-7H,4-5H2,1H3. The van der Waals surface area contributed by atoms with E-state index in [4.69, 9.17) is 16.3 Å². The minimum atomic E-state index is 0.691. The Labute approximate surface area is 102 Å². The van der Waals surface area contributed by atoms with Crippen LogP contribution >= 0.6 is 27.5 Å². The van der Waals surface area contributed by atoms with Gasteiger partial charge in [-0.3, -0.25) is 0 Å². The van der Waals surface area contributed by atoms with Crippen molar-refractivity contribution in [2.24, 2.45) is 0 Å². The van der Waals surface area contributed by atoms with Gasteiger partial charge in [-0.25, -0.2) is 0 Å². The minimum absolute atomic E-state index is 0.691. The SMILES string of the molecule is COCCn1ccc2cc(Br)cc(Cl)c21. The van der Waals surface area contributed by atoms with Crippen molar-refractivity contribution >= 4 is 38.4 Å². The Bertz CT molecular complexity index is 481. The summed E-state index contributed by atoms with van der Waals surface area (Å²) in [6.07, 6.45) is 2.03. The summed E-state index contributed by atoms with van der Waals surface area (Å²) in [5.74, 6) is 0. The summed E-state index contributed by atoms with van der Waals surface area (Å²) in [5, 5.41) is 1.91. The molecule has 2 rings (SSSR count). The van der Waals surface area contributed by atoms with E-state index in [1.807, 2.05) is 12.3 Å². The maximum Gasteiger partial charge on any atom is 0.0671 e. The number of hydrogen-bond donors (Lipinski definition) is 0. The fourth-order valence-electron chi connectivity index (χ4n) is 1.64. The van der Waals surface area contributed by atoms with Gasteiger partial charge in [-0.05, 0) is 18.2 Å². The molecular weight excluding hydrogens is 277 g/mol. The smallest absolute Gasteiger partial charge is 0.0671 e. The summed E-state index contributed by atoms with van der Waals surface area (Å²) >= 11 is 9.62. The number of methoxy groups -OCH3 is 1. The molecule has 0 atom stereocenters. The molecule has 4 heteroatoms. The van der Waals surface area contributed by atoms with Crippen LogP contribution in [0.1, 0.15) is 0 Å². The molecule has 0 saturated carbocycles. The highest BCUT2D eigenvalue weighted by molar-refractivity contribution is 9.10. The summed E-state index contributed by atoms with van der Waals surface area (Å²) in [4.78, 5) is 0. The molecule has 0 spiro atoms. The molecule has 2 aromatic rings. The largest absolute Gasteiger partial charge is 0.383 e. The van der Waals surface area contributed by atoms with Crippen molar-refractivity contribution in [2.45, 2.75) is 6.54 Å². The molecule has 0 aliphatic heterocycles. The summed E-state index contributed by atoms with van der Waals surface area (Å²) in [6.45, 7) is 1.51. The number of aromatic nitrogens is 1. The van der Waals surface area contributed by atoms with Gasteiger partial charge in [0.05, 0.1) is 17.1 Å². The van der Waals surface area contributed by atoms with Crippen molar-refractivity contribution in [3.63, 3.8) is 0 Å². The zero-order valence-corrected chi connectivity index (χ0v) is 10.7. The molecule has 0 aliphatic rings. The Morgan fingerprint density at radius 1 is 1.47 bits per heavy atom. The van der Waals surface area contributed by atoms with E-state index in [2.05, 4.69) is 32.6 Å². The summed E-state index contributed by atoms with van der Waals surface area (Å²) in [6, 6.07) is 6.03. The molecule has 0 saturated heterocycles. The third-order valence-electron chi connectivity index (χ3n) is 2.32. The topological polar surface area (TPSA) is 14.2 Å². The van der Waals surface area contributed by atoms with Crippen molar-refractivity contribution < 1.29 is 4.74 Å². The first-order valence-corrected chi connectivity index (χ1v) is 5.82. The highest BCUT2D eigenvalue weighted by atomic mass is 79.9. The summed E-state index contributed by atoms with van der Waals surface area (Å²) in [5.41, 5.74) is 1.07. The highest BCUT2D eigenvalue weighted by Gasteiger charge is 2.06. The van der Waals surface area contributed by atoms with Crippen molar-refractivity contribution in [1.29, 1.82) is 0 Å². The van der Waals surface area contributed by atoms with E-state index >= 15 is 0 Å². The molecule has 0 fully saturated rings. The second-order valence-electron chi connectivity index (χ2n) is 3.33. The maximum absolute atomic E-state index is 6.20. The Balaban J connectivity index is 2.49. The molecule has 1 heterocycles. The van der Waals surface area contributed by atoms with Gasteiger partial charge in [-0.15, -0.1) is 0 Å². The van der Waals surface area contributed by atoms with Gasteiger partial charge in [-0.2, -0.15) is 0 Å². The van der Waals surface area contributed by atoms with E-state index in [1.54, 1.807) is 7.11 Å². The van der Waals surface area contributed by atoms with E-state index in [0.717, 1.165) is 26.9 Å². The number of rotatable bonds is 3. The molecule has 2 nitrogen and oxygen atoms in total. The van der Waals surface area contributed by atoms with Gasteiger partial charge in [0.15, 0.2) is 0 Å². The van der Waals surface area contributed by atoms with Crippen LogP contribution < -0.4 is 0 Å². The average Bonchev–Trinajstić information content (AvgIpc) is 2.58. The van der Waals surface area contributed by atoms with Gasteiger partial charge in [0, 0.05) is 29.7 Å². The van der Waals surface area contributed by atoms with Gasteiger partial charge < -0.3 is 9.30 Å². The van der Waals surface area contributed by atoms with Crippen LogP contribution in [0.4, 0.5) is 0 Å². The van der Waals surface area contributed by atoms with E-state index in [-0.39, 0.29) is 0 Å². The third kappa shape index (κ3) is 2.19. The lowest BCUT2D eigenvalue weighted by molar-refractivity contribution is 0.188. The molecule has 0 N–H and O–H groups in total. The minimum Gasteiger partial charge on any atom is -0.383 e. The fourth-order valence-corrected chi connectivity index (χ4v) is 2.58. The molecule has 15 heavy (non-hydrogen) atoms. The van der Waals surface area contributed by atoms with Crippen molar-refractivity contribution in [1.82, 2.24) is 4.57 Å². The first-order valence-electron chi connectivity index (χ1n) is 4.65. The van der Waals surface area contributed by atoms with Crippen LogP contribution in [-0.4, -0.2) is 18.3 Å². The van der Waals surface area contributed by atoms with Gasteiger partial charge >= 0.3 is 0 Å². The number of benzene rings is 1. The van der Waals surface area contributed by atoms with Gasteiger partial charge in [0.2, 0.25) is 0 Å². The Morgan fingerprint density at radius 3 is 3.00 bits per heavy atom. The van der Waals surface area contributed by atoms with Gasteiger partial charge in [-0.1, -0.05) is 27.5 Å². The molecule has 80 valence electrons. The average molecular weight is 289 g/mol.